The molecule has 0 radical (unpaired) electrons. The van der Waals surface area contributed by atoms with Crippen molar-refractivity contribution in [3.8, 4) is 11.5 Å². The van der Waals surface area contributed by atoms with Crippen molar-refractivity contribution in [1.29, 1.82) is 0 Å². The van der Waals surface area contributed by atoms with Crippen LogP contribution in [0.2, 0.25) is 0 Å². The molecule has 3 aromatic rings. The van der Waals surface area contributed by atoms with Gasteiger partial charge in [-0.25, -0.2) is 0 Å². The van der Waals surface area contributed by atoms with E-state index in [1.807, 2.05) is 16.7 Å². The van der Waals surface area contributed by atoms with Crippen LogP contribution in [0.1, 0.15) is 35.9 Å². The summed E-state index contributed by atoms with van der Waals surface area (Å²) in [5.41, 5.74) is 0.766. The van der Waals surface area contributed by atoms with E-state index in [4.69, 9.17) is 13.9 Å². The second kappa shape index (κ2) is 9.18. The molecule has 0 unspecified atom stereocenters. The van der Waals surface area contributed by atoms with Crippen molar-refractivity contribution in [3.63, 3.8) is 0 Å². The van der Waals surface area contributed by atoms with E-state index in [1.165, 1.54) is 18.7 Å². The number of thioether (sulfide) groups is 1. The molecule has 1 aromatic carbocycles. The lowest BCUT2D eigenvalue weighted by atomic mass is 10.1. The quantitative estimate of drug-likeness (QED) is 0.393. The van der Waals surface area contributed by atoms with Crippen molar-refractivity contribution >= 4 is 35.1 Å². The number of nitrogens with one attached hydrogen (secondary N) is 1. The molecule has 1 fully saturated rings. The van der Waals surface area contributed by atoms with E-state index >= 15 is 0 Å². The highest BCUT2D eigenvalue weighted by Gasteiger charge is 2.24. The zero-order valence-electron chi connectivity index (χ0n) is 18.1. The minimum absolute atomic E-state index is 0.0879. The molecular weight excluding hydrogens is 446 g/mol. The van der Waals surface area contributed by atoms with Gasteiger partial charge in [-0.05, 0) is 38.0 Å². The zero-order valence-corrected chi connectivity index (χ0v) is 18.9. The van der Waals surface area contributed by atoms with Crippen molar-refractivity contribution in [1.82, 2.24) is 14.8 Å². The van der Waals surface area contributed by atoms with E-state index in [9.17, 15) is 9.59 Å². The number of carbonyl (C=O) groups is 2. The highest BCUT2D eigenvalue weighted by molar-refractivity contribution is 7.99. The predicted octanol–water partition coefficient (Wildman–Crippen LogP) is 3.18. The SMILES string of the molecule is CC(=O)c1cc2c(cc1NC(=O)CSc1nnc(N3CCCC3)n1Cc1ccco1)OCO2. The number of carbonyl (C=O) groups excluding carboxylic acids is 2. The van der Waals surface area contributed by atoms with Crippen LogP contribution in [0.25, 0.3) is 0 Å². The highest BCUT2D eigenvalue weighted by Crippen LogP contribution is 2.37. The third-order valence-corrected chi connectivity index (χ3v) is 6.45. The molecule has 11 heteroatoms. The second-order valence-electron chi connectivity index (χ2n) is 7.79. The Labute approximate surface area is 194 Å². The predicted molar refractivity (Wildman–Crippen MR) is 121 cm³/mol. The average molecular weight is 470 g/mol. The van der Waals surface area contributed by atoms with Gasteiger partial charge in [-0.3, -0.25) is 14.2 Å². The molecule has 0 atom stereocenters. The van der Waals surface area contributed by atoms with Crippen LogP contribution in [0.4, 0.5) is 11.6 Å². The summed E-state index contributed by atoms with van der Waals surface area (Å²) in [6, 6.07) is 6.95. The molecule has 2 aliphatic heterocycles. The van der Waals surface area contributed by atoms with Crippen LogP contribution in [0.15, 0.2) is 40.1 Å². The standard InChI is InChI=1S/C22H23N5O5S/c1-14(28)16-9-18-19(32-13-31-18)10-17(16)23-20(29)12-33-22-25-24-21(26-6-2-3-7-26)27(22)11-15-5-4-8-30-15/h4-5,8-10H,2-3,6-7,11-13H2,1H3,(H,23,29). The Hall–Kier alpha value is -3.47. The Morgan fingerprint density at radius 3 is 2.67 bits per heavy atom. The lowest BCUT2D eigenvalue weighted by Gasteiger charge is -2.17. The first-order valence-electron chi connectivity index (χ1n) is 10.7. The molecule has 0 spiro atoms. The molecule has 1 N–H and O–H groups in total. The minimum atomic E-state index is -0.267. The van der Waals surface area contributed by atoms with Gasteiger partial charge < -0.3 is 24.1 Å². The summed E-state index contributed by atoms with van der Waals surface area (Å²) in [6.07, 6.45) is 3.87. The fourth-order valence-electron chi connectivity index (χ4n) is 3.89. The number of rotatable bonds is 8. The number of hydrogen-bond acceptors (Lipinski definition) is 9. The fraction of sp³-hybridized carbons (Fsp3) is 0.364. The molecule has 0 saturated carbocycles. The molecule has 0 bridgehead atoms. The van der Waals surface area contributed by atoms with Gasteiger partial charge in [0, 0.05) is 24.7 Å². The van der Waals surface area contributed by atoms with Crippen LogP contribution in [0, 0.1) is 0 Å². The van der Waals surface area contributed by atoms with Crippen molar-refractivity contribution in [2.45, 2.75) is 31.5 Å². The summed E-state index contributed by atoms with van der Waals surface area (Å²) < 4.78 is 18.2. The van der Waals surface area contributed by atoms with Crippen LogP contribution in [0.3, 0.4) is 0 Å². The number of ether oxygens (including phenoxy) is 2. The maximum atomic E-state index is 12.8. The first-order valence-corrected chi connectivity index (χ1v) is 11.6. The molecule has 1 amide bonds. The molecule has 2 aliphatic rings. The number of ketones is 1. The van der Waals surface area contributed by atoms with E-state index in [1.54, 1.807) is 18.4 Å². The number of nitrogens with zero attached hydrogens (tertiary/aromatic N) is 4. The van der Waals surface area contributed by atoms with Gasteiger partial charge in [0.25, 0.3) is 0 Å². The molecule has 172 valence electrons. The van der Waals surface area contributed by atoms with E-state index in [0.29, 0.717) is 34.5 Å². The van der Waals surface area contributed by atoms with Crippen molar-refractivity contribution in [3.05, 3.63) is 41.9 Å². The van der Waals surface area contributed by atoms with E-state index in [0.717, 1.165) is 37.6 Å². The highest BCUT2D eigenvalue weighted by atomic mass is 32.2. The second-order valence-corrected chi connectivity index (χ2v) is 8.73. The maximum Gasteiger partial charge on any atom is 0.234 e. The van der Waals surface area contributed by atoms with Gasteiger partial charge in [-0.15, -0.1) is 10.2 Å². The molecule has 2 aromatic heterocycles. The number of hydrogen-bond donors (Lipinski definition) is 1. The normalized spacial score (nSPS) is 14.6. The van der Waals surface area contributed by atoms with Gasteiger partial charge >= 0.3 is 0 Å². The molecule has 1 saturated heterocycles. The lowest BCUT2D eigenvalue weighted by molar-refractivity contribution is -0.113. The average Bonchev–Trinajstić information content (AvgIpc) is 3.59. The third kappa shape index (κ3) is 4.54. The van der Waals surface area contributed by atoms with Gasteiger partial charge in [0.15, 0.2) is 22.4 Å². The van der Waals surface area contributed by atoms with Crippen LogP contribution in [-0.4, -0.2) is 52.1 Å². The van der Waals surface area contributed by atoms with Gasteiger partial charge in [-0.2, -0.15) is 0 Å². The van der Waals surface area contributed by atoms with Gasteiger partial charge in [0.1, 0.15) is 5.76 Å². The van der Waals surface area contributed by atoms with E-state index < -0.39 is 0 Å². The summed E-state index contributed by atoms with van der Waals surface area (Å²) in [7, 11) is 0. The number of furan rings is 1. The van der Waals surface area contributed by atoms with Crippen LogP contribution >= 0.6 is 11.8 Å². The Morgan fingerprint density at radius 2 is 1.94 bits per heavy atom. The van der Waals surface area contributed by atoms with Crippen molar-refractivity contribution in [2.75, 3.05) is 35.9 Å². The minimum Gasteiger partial charge on any atom is -0.467 e. The lowest BCUT2D eigenvalue weighted by Crippen LogP contribution is -2.23. The van der Waals surface area contributed by atoms with E-state index in [-0.39, 0.29) is 24.2 Å². The number of aromatic nitrogens is 3. The van der Waals surface area contributed by atoms with E-state index in [2.05, 4.69) is 20.4 Å². The number of amides is 1. The van der Waals surface area contributed by atoms with Crippen LogP contribution < -0.4 is 19.7 Å². The van der Waals surface area contributed by atoms with Crippen LogP contribution in [-0.2, 0) is 11.3 Å². The van der Waals surface area contributed by atoms with Gasteiger partial charge in [-0.1, -0.05) is 11.8 Å². The number of fused-ring (bicyclic) bond motifs is 1. The Kier molecular flexibility index (Phi) is 5.95. The molecule has 0 aliphatic carbocycles. The number of anilines is 2. The van der Waals surface area contributed by atoms with Crippen LogP contribution in [0.5, 0.6) is 11.5 Å². The molecule has 33 heavy (non-hydrogen) atoms. The maximum absolute atomic E-state index is 12.8. The number of Topliss-reactive ketones (excluding diaryl/α,β-unsaturated/α-hetero) is 1. The topological polar surface area (TPSA) is 112 Å². The Morgan fingerprint density at radius 1 is 1.15 bits per heavy atom. The van der Waals surface area contributed by atoms with Gasteiger partial charge in [0.2, 0.25) is 18.6 Å². The van der Waals surface area contributed by atoms with Gasteiger partial charge in [0.05, 0.1) is 24.2 Å². The zero-order chi connectivity index (χ0) is 22.8. The number of benzene rings is 1. The smallest absolute Gasteiger partial charge is 0.234 e. The van der Waals surface area contributed by atoms with Crippen molar-refractivity contribution < 1.29 is 23.5 Å². The molecule has 10 nitrogen and oxygen atoms in total. The third-order valence-electron chi connectivity index (χ3n) is 5.48. The first kappa shape index (κ1) is 21.4. The largest absolute Gasteiger partial charge is 0.467 e. The molecule has 5 rings (SSSR count). The summed E-state index contributed by atoms with van der Waals surface area (Å²) >= 11 is 1.28. The summed E-state index contributed by atoms with van der Waals surface area (Å²) in [6.45, 7) is 3.87. The fourth-order valence-corrected chi connectivity index (χ4v) is 4.62. The summed E-state index contributed by atoms with van der Waals surface area (Å²) in [5.74, 6) is 2.21. The Balaban J connectivity index is 1.31. The molecule has 4 heterocycles. The Bertz CT molecular complexity index is 1170. The summed E-state index contributed by atoms with van der Waals surface area (Å²) in [4.78, 5) is 27.0. The summed E-state index contributed by atoms with van der Waals surface area (Å²) in [5, 5.41) is 12.2. The monoisotopic (exact) mass is 469 g/mol. The first-order chi connectivity index (χ1) is 16.1. The van der Waals surface area contributed by atoms with Crippen molar-refractivity contribution in [2.24, 2.45) is 0 Å². The molecular formula is C22H23N5O5S.